The zero-order chi connectivity index (χ0) is 30.2. The van der Waals surface area contributed by atoms with Crippen LogP contribution < -0.4 is 34.3 Å². The molecule has 214 valence electrons. The predicted molar refractivity (Wildman–Crippen MR) is 167 cm³/mol. The van der Waals surface area contributed by atoms with Crippen molar-refractivity contribution in [3.05, 3.63) is 134 Å². The fourth-order valence-electron chi connectivity index (χ4n) is 4.37. The van der Waals surface area contributed by atoms with Crippen LogP contribution in [0.2, 0.25) is 0 Å². The van der Waals surface area contributed by atoms with Crippen LogP contribution >= 0.6 is 11.3 Å². The van der Waals surface area contributed by atoms with Gasteiger partial charge in [-0.1, -0.05) is 66.7 Å². The molecule has 0 atom stereocenters. The first-order valence-corrected chi connectivity index (χ1v) is 14.1. The lowest BCUT2D eigenvalue weighted by molar-refractivity contribution is -0.111. The summed E-state index contributed by atoms with van der Waals surface area (Å²) in [6, 6.07) is 32.9. The number of hydrogen-bond donors (Lipinski definition) is 1. The van der Waals surface area contributed by atoms with Gasteiger partial charge in [0.25, 0.3) is 11.5 Å². The van der Waals surface area contributed by atoms with Gasteiger partial charge in [-0.05, 0) is 53.6 Å². The average molecular weight is 590 g/mol. The fraction of sp³-hybridized carbons (Fsp3) is 0.0882. The highest BCUT2D eigenvalue weighted by molar-refractivity contribution is 7.07. The normalized spacial score (nSPS) is 11.8. The molecule has 0 aliphatic rings. The topological polar surface area (TPSA) is 103 Å². The van der Waals surface area contributed by atoms with E-state index in [-0.39, 0.29) is 15.8 Å². The Hall–Kier alpha value is -5.59. The van der Waals surface area contributed by atoms with Gasteiger partial charge in [-0.15, -0.1) is 11.3 Å². The summed E-state index contributed by atoms with van der Waals surface area (Å²) in [4.78, 5) is 27.2. The maximum absolute atomic E-state index is 13.8. The monoisotopic (exact) mass is 589 g/mol. The molecule has 5 rings (SSSR count). The maximum atomic E-state index is 13.8. The molecule has 1 amide bonds. The molecule has 0 spiro atoms. The Morgan fingerprint density at radius 3 is 2.26 bits per heavy atom. The van der Waals surface area contributed by atoms with Gasteiger partial charge in [0.05, 0.1) is 30.1 Å². The Labute approximate surface area is 252 Å². The van der Waals surface area contributed by atoms with Crippen molar-refractivity contribution in [2.75, 3.05) is 19.5 Å². The second kappa shape index (κ2) is 13.4. The van der Waals surface area contributed by atoms with Crippen LogP contribution in [-0.4, -0.2) is 24.7 Å². The van der Waals surface area contributed by atoms with Gasteiger partial charge in [0.2, 0.25) is 0 Å². The number of carbonyl (C=O) groups is 1. The quantitative estimate of drug-likeness (QED) is 0.269. The Bertz CT molecular complexity index is 1980. The lowest BCUT2D eigenvalue weighted by Gasteiger charge is -2.11. The number of aromatic nitrogens is 1. The summed E-state index contributed by atoms with van der Waals surface area (Å²) in [5, 5.41) is 12.9. The first-order valence-electron chi connectivity index (χ1n) is 13.2. The van der Waals surface area contributed by atoms with E-state index in [0.717, 1.165) is 16.9 Å². The summed E-state index contributed by atoms with van der Waals surface area (Å²) in [7, 11) is 3.04. The van der Waals surface area contributed by atoms with Crippen molar-refractivity contribution in [3.63, 3.8) is 0 Å². The van der Waals surface area contributed by atoms with Crippen molar-refractivity contribution in [1.82, 2.24) is 4.57 Å². The number of para-hydroxylation sites is 3. The zero-order valence-corrected chi connectivity index (χ0v) is 24.3. The summed E-state index contributed by atoms with van der Waals surface area (Å²) in [6.07, 6.45) is 1.70. The number of ether oxygens (including phenoxy) is 3. The smallest absolute Gasteiger partial charge is 0.273 e. The average Bonchev–Trinajstić information content (AvgIpc) is 3.36. The lowest BCUT2D eigenvalue weighted by Crippen LogP contribution is -2.32. The Balaban J connectivity index is 1.59. The molecule has 0 aliphatic carbocycles. The number of nitrogens with zero attached hydrogens (tertiary/aromatic N) is 2. The highest BCUT2D eigenvalue weighted by Gasteiger charge is 2.18. The molecule has 1 N–H and O–H groups in total. The van der Waals surface area contributed by atoms with Crippen LogP contribution in [-0.2, 0) is 11.4 Å². The fourth-order valence-corrected chi connectivity index (χ4v) is 5.47. The lowest BCUT2D eigenvalue weighted by atomic mass is 10.2. The van der Waals surface area contributed by atoms with Crippen LogP contribution in [0.5, 0.6) is 17.2 Å². The van der Waals surface area contributed by atoms with E-state index < -0.39 is 5.91 Å². The predicted octanol–water partition coefficient (Wildman–Crippen LogP) is 4.64. The van der Waals surface area contributed by atoms with Gasteiger partial charge in [-0.3, -0.25) is 14.2 Å². The summed E-state index contributed by atoms with van der Waals surface area (Å²) in [5.41, 5.74) is 2.06. The molecule has 4 aromatic carbocycles. The number of nitrogens with one attached hydrogen (secondary N) is 1. The number of thiazole rings is 1. The van der Waals surface area contributed by atoms with E-state index in [9.17, 15) is 14.9 Å². The minimum atomic E-state index is -0.661. The van der Waals surface area contributed by atoms with Crippen LogP contribution in [0.1, 0.15) is 11.1 Å². The van der Waals surface area contributed by atoms with Crippen molar-refractivity contribution < 1.29 is 19.0 Å². The third-order valence-electron chi connectivity index (χ3n) is 6.47. The van der Waals surface area contributed by atoms with Gasteiger partial charge in [-0.25, -0.2) is 0 Å². The van der Waals surface area contributed by atoms with Crippen LogP contribution in [0.15, 0.2) is 108 Å². The molecule has 0 aliphatic heterocycles. The molecule has 43 heavy (non-hydrogen) atoms. The van der Waals surface area contributed by atoms with Crippen molar-refractivity contribution in [1.29, 1.82) is 5.26 Å². The van der Waals surface area contributed by atoms with Crippen LogP contribution in [0.3, 0.4) is 0 Å². The molecule has 0 unspecified atom stereocenters. The number of carbonyl (C=O) groups excluding carboxylic acids is 1. The van der Waals surface area contributed by atoms with Gasteiger partial charge >= 0.3 is 0 Å². The van der Waals surface area contributed by atoms with E-state index in [4.69, 9.17) is 14.2 Å². The third-order valence-corrected chi connectivity index (χ3v) is 7.56. The number of benzene rings is 4. The number of hydrogen-bond acceptors (Lipinski definition) is 7. The zero-order valence-electron chi connectivity index (χ0n) is 23.4. The molecule has 0 fully saturated rings. The standard InChI is InChI=1S/C34H27N3O5S/c1-40-28-16-10-9-15-27(28)36-32(38)26(21-35)34-37(25-13-7-4-8-14-25)33(39)31(43-34)20-24-17-18-29(30(19-24)41-2)42-22-23-11-5-3-6-12-23/h3-20H,22H2,1-2H3,(H,36,38)/b31-20-,34-26-. The number of methoxy groups -OCH3 is 2. The molecule has 1 heterocycles. The molecule has 0 saturated heterocycles. The molecule has 5 aromatic rings. The van der Waals surface area contributed by atoms with Gasteiger partial charge < -0.3 is 19.5 Å². The molecule has 0 saturated carbocycles. The number of amides is 1. The minimum absolute atomic E-state index is 0.201. The van der Waals surface area contributed by atoms with Crippen LogP contribution in [0.4, 0.5) is 5.69 Å². The number of nitriles is 1. The van der Waals surface area contributed by atoms with Gasteiger partial charge in [0.15, 0.2) is 17.1 Å². The Morgan fingerprint density at radius 2 is 1.56 bits per heavy atom. The van der Waals surface area contributed by atoms with E-state index >= 15 is 0 Å². The Kier molecular flexibility index (Phi) is 9.00. The van der Waals surface area contributed by atoms with Crippen molar-refractivity contribution in [2.24, 2.45) is 0 Å². The van der Waals surface area contributed by atoms with Gasteiger partial charge in [-0.2, -0.15) is 5.26 Å². The van der Waals surface area contributed by atoms with E-state index in [1.165, 1.54) is 11.7 Å². The van der Waals surface area contributed by atoms with Crippen molar-refractivity contribution >= 4 is 34.6 Å². The molecular formula is C34H27N3O5S. The second-order valence-corrected chi connectivity index (χ2v) is 10.2. The molecular weight excluding hydrogens is 562 g/mol. The van der Waals surface area contributed by atoms with Crippen molar-refractivity contribution in [3.8, 4) is 29.0 Å². The number of rotatable bonds is 9. The summed E-state index contributed by atoms with van der Waals surface area (Å²) in [5.74, 6) is 0.848. The third kappa shape index (κ3) is 6.50. The number of anilines is 1. The van der Waals surface area contributed by atoms with Gasteiger partial charge in [0, 0.05) is 0 Å². The molecule has 0 radical (unpaired) electrons. The SMILES string of the molecule is COc1ccccc1NC(=O)/C(C#N)=c1\s/c(=C\c2ccc(OCc3ccccc3)c(OC)c2)c(=O)n1-c1ccccc1. The highest BCUT2D eigenvalue weighted by Crippen LogP contribution is 2.29. The summed E-state index contributed by atoms with van der Waals surface area (Å²) in [6.45, 7) is 0.375. The van der Waals surface area contributed by atoms with Crippen LogP contribution in [0.25, 0.3) is 17.3 Å². The highest BCUT2D eigenvalue weighted by atomic mass is 32.1. The van der Waals surface area contributed by atoms with Gasteiger partial charge in [0.1, 0.15) is 23.1 Å². The summed E-state index contributed by atoms with van der Waals surface area (Å²) >= 11 is 1.05. The summed E-state index contributed by atoms with van der Waals surface area (Å²) < 4.78 is 18.8. The minimum Gasteiger partial charge on any atom is -0.495 e. The largest absolute Gasteiger partial charge is 0.495 e. The molecule has 8 nitrogen and oxygen atoms in total. The second-order valence-electron chi connectivity index (χ2n) is 9.22. The first kappa shape index (κ1) is 28.9. The molecule has 1 aromatic heterocycles. The maximum Gasteiger partial charge on any atom is 0.273 e. The van der Waals surface area contributed by atoms with E-state index in [1.807, 2.05) is 48.5 Å². The van der Waals surface area contributed by atoms with E-state index in [2.05, 4.69) is 5.32 Å². The molecule has 0 bridgehead atoms. The Morgan fingerprint density at radius 1 is 0.884 bits per heavy atom. The van der Waals surface area contributed by atoms with Crippen LogP contribution in [0, 0.1) is 11.3 Å². The van der Waals surface area contributed by atoms with Crippen molar-refractivity contribution in [2.45, 2.75) is 6.61 Å². The molecule has 9 heteroatoms. The van der Waals surface area contributed by atoms with E-state index in [0.29, 0.717) is 45.3 Å². The first-order chi connectivity index (χ1) is 21.0. The van der Waals surface area contributed by atoms with E-state index in [1.54, 1.807) is 73.8 Å².